The highest BCUT2D eigenvalue weighted by molar-refractivity contribution is 7.14. The Hall–Kier alpha value is -1.72. The van der Waals surface area contributed by atoms with Crippen LogP contribution in [0, 0.1) is 6.92 Å². The van der Waals surface area contributed by atoms with E-state index in [-0.39, 0.29) is 5.91 Å². The number of nitrogens with zero attached hydrogens (tertiary/aromatic N) is 2. The lowest BCUT2D eigenvalue weighted by Gasteiger charge is -2.32. The van der Waals surface area contributed by atoms with E-state index in [4.69, 9.17) is 0 Å². The van der Waals surface area contributed by atoms with Gasteiger partial charge in [0.1, 0.15) is 0 Å². The Balaban J connectivity index is 1.60. The van der Waals surface area contributed by atoms with Crippen molar-refractivity contribution in [3.05, 3.63) is 35.2 Å². The van der Waals surface area contributed by atoms with Gasteiger partial charge in [0, 0.05) is 17.0 Å². The van der Waals surface area contributed by atoms with Crippen molar-refractivity contribution in [1.29, 1.82) is 0 Å². The lowest BCUT2D eigenvalue weighted by Crippen LogP contribution is -2.42. The number of aromatic nitrogens is 1. The van der Waals surface area contributed by atoms with Crippen LogP contribution in [0.4, 0.5) is 5.13 Å². The summed E-state index contributed by atoms with van der Waals surface area (Å²) in [6.07, 6.45) is 3.64. The smallest absolute Gasteiger partial charge is 0.240 e. The fraction of sp³-hybridized carbons (Fsp3) is 0.444. The Morgan fingerprint density at radius 1 is 1.35 bits per heavy atom. The lowest BCUT2D eigenvalue weighted by molar-refractivity contribution is -0.118. The quantitative estimate of drug-likeness (QED) is 0.924. The number of rotatable bonds is 4. The number of amides is 1. The zero-order valence-electron chi connectivity index (χ0n) is 13.7. The maximum Gasteiger partial charge on any atom is 0.240 e. The first-order valence-corrected chi connectivity index (χ1v) is 9.06. The molecule has 1 aromatic heterocycles. The predicted octanol–water partition coefficient (Wildman–Crippen LogP) is 3.93. The maximum atomic E-state index is 12.2. The summed E-state index contributed by atoms with van der Waals surface area (Å²) >= 11 is 1.48. The van der Waals surface area contributed by atoms with Crippen LogP contribution in [0.5, 0.6) is 0 Å². The Kier molecular flexibility index (Phi) is 5.08. The number of thiazole rings is 1. The van der Waals surface area contributed by atoms with E-state index < -0.39 is 0 Å². The monoisotopic (exact) mass is 329 g/mol. The number of likely N-dealkylation sites (tertiary alicyclic amines) is 1. The molecule has 2 aromatic rings. The van der Waals surface area contributed by atoms with E-state index in [1.54, 1.807) is 0 Å². The Bertz CT molecular complexity index is 665. The highest BCUT2D eigenvalue weighted by atomic mass is 32.1. The van der Waals surface area contributed by atoms with Crippen LogP contribution in [-0.2, 0) is 4.79 Å². The van der Waals surface area contributed by atoms with Gasteiger partial charge in [-0.3, -0.25) is 9.69 Å². The van der Waals surface area contributed by atoms with Crippen molar-refractivity contribution in [2.24, 2.45) is 0 Å². The Labute approximate surface area is 141 Å². The highest BCUT2D eigenvalue weighted by Crippen LogP contribution is 2.25. The summed E-state index contributed by atoms with van der Waals surface area (Å²) in [6.45, 7) is 5.74. The third-order valence-corrected chi connectivity index (χ3v) is 5.14. The number of benzene rings is 1. The molecule has 1 unspecified atom stereocenters. The standard InChI is InChI=1S/C18H23N3OS/c1-13-6-8-15(9-7-13)16-12-23-18(19-16)20-17(22)11-21-10-4-3-5-14(21)2/h6-9,12,14H,3-5,10-11H2,1-2H3,(H,19,20,22). The molecule has 1 atom stereocenters. The molecule has 1 aromatic carbocycles. The van der Waals surface area contributed by atoms with Gasteiger partial charge in [-0.1, -0.05) is 36.2 Å². The van der Waals surface area contributed by atoms with Crippen molar-refractivity contribution in [3.63, 3.8) is 0 Å². The van der Waals surface area contributed by atoms with Crippen LogP contribution in [0.3, 0.4) is 0 Å². The van der Waals surface area contributed by atoms with Gasteiger partial charge in [0.25, 0.3) is 0 Å². The van der Waals surface area contributed by atoms with Crippen molar-refractivity contribution in [1.82, 2.24) is 9.88 Å². The summed E-state index contributed by atoms with van der Waals surface area (Å²) in [4.78, 5) is 19.0. The average molecular weight is 329 g/mol. The van der Waals surface area contributed by atoms with Crippen LogP contribution < -0.4 is 5.32 Å². The SMILES string of the molecule is Cc1ccc(-c2csc(NC(=O)CN3CCCCC3C)n2)cc1. The number of anilines is 1. The molecule has 0 spiro atoms. The van der Waals surface area contributed by atoms with Gasteiger partial charge in [0.15, 0.2) is 5.13 Å². The van der Waals surface area contributed by atoms with Crippen molar-refractivity contribution in [2.75, 3.05) is 18.4 Å². The van der Waals surface area contributed by atoms with Gasteiger partial charge >= 0.3 is 0 Å². The number of hydrogen-bond acceptors (Lipinski definition) is 4. The third kappa shape index (κ3) is 4.18. The summed E-state index contributed by atoms with van der Waals surface area (Å²) in [5, 5.41) is 5.60. The second-order valence-electron chi connectivity index (χ2n) is 6.27. The normalized spacial score (nSPS) is 18.8. The lowest BCUT2D eigenvalue weighted by atomic mass is 10.0. The Morgan fingerprint density at radius 2 is 2.13 bits per heavy atom. The first-order valence-electron chi connectivity index (χ1n) is 8.18. The van der Waals surface area contributed by atoms with Crippen LogP contribution >= 0.6 is 11.3 Å². The van der Waals surface area contributed by atoms with Gasteiger partial charge < -0.3 is 5.32 Å². The predicted molar refractivity (Wildman–Crippen MR) is 95.8 cm³/mol. The van der Waals surface area contributed by atoms with Crippen LogP contribution in [0.1, 0.15) is 31.7 Å². The minimum absolute atomic E-state index is 0.0311. The molecule has 3 rings (SSSR count). The number of carbonyl (C=O) groups is 1. The van der Waals surface area contributed by atoms with Gasteiger partial charge in [-0.05, 0) is 33.2 Å². The third-order valence-electron chi connectivity index (χ3n) is 4.39. The molecule has 23 heavy (non-hydrogen) atoms. The number of aryl methyl sites for hydroxylation is 1. The number of carbonyl (C=O) groups excluding carboxylic acids is 1. The van der Waals surface area contributed by atoms with Gasteiger partial charge in [0.05, 0.1) is 12.2 Å². The Morgan fingerprint density at radius 3 is 2.87 bits per heavy atom. The molecule has 5 heteroatoms. The van der Waals surface area contributed by atoms with Crippen molar-refractivity contribution in [3.8, 4) is 11.3 Å². The van der Waals surface area contributed by atoms with Gasteiger partial charge in [-0.15, -0.1) is 11.3 Å². The van der Waals surface area contributed by atoms with Crippen LogP contribution in [-0.4, -0.2) is 34.9 Å². The second kappa shape index (κ2) is 7.23. The molecule has 1 amide bonds. The molecule has 122 valence electrons. The number of piperidine rings is 1. The largest absolute Gasteiger partial charge is 0.301 e. The van der Waals surface area contributed by atoms with Crippen molar-refractivity contribution >= 4 is 22.4 Å². The van der Waals surface area contributed by atoms with Crippen molar-refractivity contribution < 1.29 is 4.79 Å². The number of hydrogen-bond donors (Lipinski definition) is 1. The zero-order valence-corrected chi connectivity index (χ0v) is 14.5. The summed E-state index contributed by atoms with van der Waals surface area (Å²) in [7, 11) is 0. The van der Waals surface area contributed by atoms with Gasteiger partial charge in [-0.25, -0.2) is 4.98 Å². The molecule has 4 nitrogen and oxygen atoms in total. The van der Waals surface area contributed by atoms with Crippen molar-refractivity contribution in [2.45, 2.75) is 39.2 Å². The first kappa shape index (κ1) is 16.1. The van der Waals surface area contributed by atoms with Crippen LogP contribution in [0.25, 0.3) is 11.3 Å². The molecule has 0 radical (unpaired) electrons. The van der Waals surface area contributed by atoms with Crippen LogP contribution in [0.2, 0.25) is 0 Å². The minimum Gasteiger partial charge on any atom is -0.301 e. The molecule has 0 aliphatic carbocycles. The van der Waals surface area contributed by atoms with Gasteiger partial charge in [-0.2, -0.15) is 0 Å². The second-order valence-corrected chi connectivity index (χ2v) is 7.13. The summed E-state index contributed by atoms with van der Waals surface area (Å²) < 4.78 is 0. The van der Waals surface area contributed by atoms with E-state index in [0.717, 1.165) is 17.8 Å². The summed E-state index contributed by atoms with van der Waals surface area (Å²) in [5.41, 5.74) is 3.22. The van der Waals surface area contributed by atoms with E-state index in [2.05, 4.69) is 53.3 Å². The molecule has 0 bridgehead atoms. The fourth-order valence-electron chi connectivity index (χ4n) is 2.92. The van der Waals surface area contributed by atoms with E-state index in [0.29, 0.717) is 17.7 Å². The molecular weight excluding hydrogens is 306 g/mol. The fourth-order valence-corrected chi connectivity index (χ4v) is 3.66. The maximum absolute atomic E-state index is 12.2. The summed E-state index contributed by atoms with van der Waals surface area (Å²) in [5.74, 6) is 0.0311. The van der Waals surface area contributed by atoms with Crippen LogP contribution in [0.15, 0.2) is 29.6 Å². The molecule has 1 fully saturated rings. The molecule has 1 N–H and O–H groups in total. The van der Waals surface area contributed by atoms with E-state index >= 15 is 0 Å². The molecule has 1 aliphatic heterocycles. The first-order chi connectivity index (χ1) is 11.1. The summed E-state index contributed by atoms with van der Waals surface area (Å²) in [6, 6.07) is 8.76. The molecular formula is C18H23N3OS. The van der Waals surface area contributed by atoms with Gasteiger partial charge in [0.2, 0.25) is 5.91 Å². The van der Waals surface area contributed by atoms with E-state index in [9.17, 15) is 4.79 Å². The van der Waals surface area contributed by atoms with E-state index in [1.165, 1.54) is 36.2 Å². The number of nitrogens with one attached hydrogen (secondary N) is 1. The average Bonchev–Trinajstić information content (AvgIpc) is 2.98. The molecule has 0 saturated carbocycles. The molecule has 1 saturated heterocycles. The topological polar surface area (TPSA) is 45.2 Å². The van der Waals surface area contributed by atoms with E-state index in [1.807, 2.05) is 5.38 Å². The minimum atomic E-state index is 0.0311. The molecule has 1 aliphatic rings. The molecule has 2 heterocycles. The highest BCUT2D eigenvalue weighted by Gasteiger charge is 2.20. The zero-order chi connectivity index (χ0) is 16.2.